The van der Waals surface area contributed by atoms with Crippen molar-refractivity contribution in [2.45, 2.75) is 12.8 Å². The highest BCUT2D eigenvalue weighted by Crippen LogP contribution is 2.12. The number of piperidine rings is 1. The third kappa shape index (κ3) is 4.16. The molecule has 0 radical (unpaired) electrons. The number of hydrogen-bond acceptors (Lipinski definition) is 2. The van der Waals surface area contributed by atoms with E-state index in [1.54, 1.807) is 0 Å². The molecule has 92 valence electrons. The van der Waals surface area contributed by atoms with Gasteiger partial charge in [-0.1, -0.05) is 23.4 Å². The van der Waals surface area contributed by atoms with Gasteiger partial charge >= 0.3 is 0 Å². The number of pyridine rings is 1. The van der Waals surface area contributed by atoms with Crippen molar-refractivity contribution < 1.29 is 4.39 Å². The van der Waals surface area contributed by atoms with Crippen molar-refractivity contribution >= 4 is 24.0 Å². The van der Waals surface area contributed by atoms with Gasteiger partial charge in [-0.05, 0) is 25.9 Å². The van der Waals surface area contributed by atoms with Crippen molar-refractivity contribution in [2.24, 2.45) is 5.92 Å². The molecule has 5 heteroatoms. The zero-order chi connectivity index (χ0) is 11.4. The van der Waals surface area contributed by atoms with Crippen LogP contribution in [-0.4, -0.2) is 18.1 Å². The first kappa shape index (κ1) is 14.2. The summed E-state index contributed by atoms with van der Waals surface area (Å²) in [7, 11) is 0. The van der Waals surface area contributed by atoms with Gasteiger partial charge in [0, 0.05) is 18.2 Å². The van der Waals surface area contributed by atoms with Crippen LogP contribution in [0.15, 0.2) is 12.3 Å². The lowest BCUT2D eigenvalue weighted by atomic mass is 9.98. The Morgan fingerprint density at radius 2 is 2.12 bits per heavy atom. The van der Waals surface area contributed by atoms with E-state index in [0.717, 1.165) is 25.9 Å². The molecule has 1 aromatic rings. The van der Waals surface area contributed by atoms with Gasteiger partial charge in [-0.15, -0.1) is 12.4 Å². The number of aromatic nitrogens is 1. The Balaban J connectivity index is 0.00000144. The Labute approximate surface area is 111 Å². The van der Waals surface area contributed by atoms with Crippen molar-refractivity contribution in [2.75, 3.05) is 13.1 Å². The fraction of sp³-hybridized carbons (Fsp3) is 0.417. The van der Waals surface area contributed by atoms with Crippen LogP contribution in [0.2, 0.25) is 5.15 Å². The Kier molecular flexibility index (Phi) is 5.70. The summed E-state index contributed by atoms with van der Waals surface area (Å²) >= 11 is 5.56. The Bertz CT molecular complexity index is 434. The average molecular weight is 275 g/mol. The van der Waals surface area contributed by atoms with Crippen molar-refractivity contribution in [3.8, 4) is 11.8 Å². The third-order valence-corrected chi connectivity index (χ3v) is 2.78. The van der Waals surface area contributed by atoms with Gasteiger partial charge < -0.3 is 5.32 Å². The number of nitrogens with zero attached hydrogens (tertiary/aromatic N) is 1. The smallest absolute Gasteiger partial charge is 0.143 e. The molecule has 2 heterocycles. The van der Waals surface area contributed by atoms with Gasteiger partial charge in [0.2, 0.25) is 0 Å². The van der Waals surface area contributed by atoms with E-state index in [4.69, 9.17) is 11.6 Å². The zero-order valence-corrected chi connectivity index (χ0v) is 10.7. The maximum Gasteiger partial charge on any atom is 0.143 e. The quantitative estimate of drug-likeness (QED) is 0.581. The van der Waals surface area contributed by atoms with E-state index in [2.05, 4.69) is 22.1 Å². The number of hydrogen-bond donors (Lipinski definition) is 1. The Hall–Kier alpha value is -0.820. The summed E-state index contributed by atoms with van der Waals surface area (Å²) in [5.41, 5.74) is 0.322. The standard InChI is InChI=1S/C12H12ClFN2.ClH/c13-12-7-11(14)10(8-16-12)2-1-9-3-5-15-6-4-9;/h7-9,15H,3-6H2;1H. The maximum atomic E-state index is 13.4. The minimum absolute atomic E-state index is 0. The Morgan fingerprint density at radius 3 is 2.76 bits per heavy atom. The summed E-state index contributed by atoms with van der Waals surface area (Å²) in [6.45, 7) is 1.97. The zero-order valence-electron chi connectivity index (χ0n) is 9.17. The molecular formula is C12H13Cl2FN2. The molecule has 1 aliphatic heterocycles. The van der Waals surface area contributed by atoms with E-state index in [1.165, 1.54) is 12.3 Å². The van der Waals surface area contributed by atoms with Gasteiger partial charge in [-0.2, -0.15) is 0 Å². The number of rotatable bonds is 0. The van der Waals surface area contributed by atoms with Crippen LogP contribution in [0.4, 0.5) is 4.39 Å². The second-order valence-electron chi connectivity index (χ2n) is 3.78. The van der Waals surface area contributed by atoms with Crippen LogP contribution in [0.1, 0.15) is 18.4 Å². The van der Waals surface area contributed by atoms with Gasteiger partial charge in [0.05, 0.1) is 5.56 Å². The highest BCUT2D eigenvalue weighted by molar-refractivity contribution is 6.29. The van der Waals surface area contributed by atoms with Crippen LogP contribution in [-0.2, 0) is 0 Å². The molecule has 0 atom stereocenters. The SMILES string of the molecule is Cl.Fc1cc(Cl)ncc1C#CC1CCNCC1. The molecule has 1 N–H and O–H groups in total. The number of nitrogens with one attached hydrogen (secondary N) is 1. The first-order chi connectivity index (χ1) is 7.75. The van der Waals surface area contributed by atoms with Gasteiger partial charge in [-0.3, -0.25) is 0 Å². The summed E-state index contributed by atoms with van der Waals surface area (Å²) < 4.78 is 13.4. The molecule has 0 bridgehead atoms. The molecule has 0 saturated carbocycles. The van der Waals surface area contributed by atoms with Crippen LogP contribution in [0.25, 0.3) is 0 Å². The highest BCUT2D eigenvalue weighted by atomic mass is 35.5. The van der Waals surface area contributed by atoms with E-state index in [1.807, 2.05) is 0 Å². The predicted molar refractivity (Wildman–Crippen MR) is 68.9 cm³/mol. The molecule has 0 unspecified atom stereocenters. The second-order valence-corrected chi connectivity index (χ2v) is 4.17. The lowest BCUT2D eigenvalue weighted by Crippen LogP contribution is -2.26. The lowest BCUT2D eigenvalue weighted by molar-refractivity contribution is 0.447. The summed E-state index contributed by atoms with van der Waals surface area (Å²) in [6.07, 6.45) is 3.43. The topological polar surface area (TPSA) is 24.9 Å². The molecule has 1 fully saturated rings. The summed E-state index contributed by atoms with van der Waals surface area (Å²) in [6, 6.07) is 1.19. The molecular weight excluding hydrogens is 262 g/mol. The van der Waals surface area contributed by atoms with Gasteiger partial charge in [0.1, 0.15) is 11.0 Å². The van der Waals surface area contributed by atoms with Gasteiger partial charge in [0.25, 0.3) is 0 Å². The van der Waals surface area contributed by atoms with Crippen LogP contribution in [0, 0.1) is 23.6 Å². The fourth-order valence-corrected chi connectivity index (χ4v) is 1.79. The molecule has 0 amide bonds. The molecule has 0 spiro atoms. The fourth-order valence-electron chi connectivity index (χ4n) is 1.65. The largest absolute Gasteiger partial charge is 0.317 e. The first-order valence-electron chi connectivity index (χ1n) is 5.29. The highest BCUT2D eigenvalue weighted by Gasteiger charge is 2.09. The molecule has 1 aliphatic rings. The van der Waals surface area contributed by atoms with E-state index >= 15 is 0 Å². The first-order valence-corrected chi connectivity index (χ1v) is 5.67. The summed E-state index contributed by atoms with van der Waals surface area (Å²) in [4.78, 5) is 3.81. The van der Waals surface area contributed by atoms with Crippen LogP contribution >= 0.6 is 24.0 Å². The van der Waals surface area contributed by atoms with Crippen LogP contribution < -0.4 is 5.32 Å². The van der Waals surface area contributed by atoms with E-state index in [0.29, 0.717) is 11.5 Å². The molecule has 2 rings (SSSR count). The molecule has 1 saturated heterocycles. The Morgan fingerprint density at radius 1 is 1.41 bits per heavy atom. The van der Waals surface area contributed by atoms with Crippen LogP contribution in [0.5, 0.6) is 0 Å². The van der Waals surface area contributed by atoms with Gasteiger partial charge in [0.15, 0.2) is 0 Å². The lowest BCUT2D eigenvalue weighted by Gasteiger charge is -2.17. The molecule has 0 aromatic carbocycles. The predicted octanol–water partition coefficient (Wildman–Crippen LogP) is 2.65. The summed E-state index contributed by atoms with van der Waals surface area (Å²) in [5.74, 6) is 5.88. The van der Waals surface area contributed by atoms with E-state index in [-0.39, 0.29) is 17.6 Å². The monoisotopic (exact) mass is 274 g/mol. The normalized spacial score (nSPS) is 15.6. The van der Waals surface area contributed by atoms with Crippen molar-refractivity contribution in [1.82, 2.24) is 10.3 Å². The minimum atomic E-state index is -0.401. The summed E-state index contributed by atoms with van der Waals surface area (Å²) in [5, 5.41) is 3.42. The molecule has 2 nitrogen and oxygen atoms in total. The third-order valence-electron chi connectivity index (χ3n) is 2.57. The van der Waals surface area contributed by atoms with Crippen molar-refractivity contribution in [3.05, 3.63) is 28.8 Å². The van der Waals surface area contributed by atoms with E-state index < -0.39 is 5.82 Å². The minimum Gasteiger partial charge on any atom is -0.317 e. The van der Waals surface area contributed by atoms with Crippen molar-refractivity contribution in [1.29, 1.82) is 0 Å². The maximum absolute atomic E-state index is 13.4. The molecule has 17 heavy (non-hydrogen) atoms. The average Bonchev–Trinajstić information content (AvgIpc) is 2.29. The van der Waals surface area contributed by atoms with E-state index in [9.17, 15) is 4.39 Å². The number of halogens is 3. The van der Waals surface area contributed by atoms with Crippen LogP contribution in [0.3, 0.4) is 0 Å². The molecule has 1 aromatic heterocycles. The molecule has 0 aliphatic carbocycles. The van der Waals surface area contributed by atoms with Gasteiger partial charge in [-0.25, -0.2) is 9.37 Å². The van der Waals surface area contributed by atoms with Crippen molar-refractivity contribution in [3.63, 3.8) is 0 Å². The second kappa shape index (κ2) is 6.80.